The second-order valence-electron chi connectivity index (χ2n) is 3.45. The number of hydrogen-bond acceptors (Lipinski definition) is 5. The SMILES string of the molecule is CCNC(=O)CCS(=O)(=O)c1ccc(C(=O)O)o1. The number of aromatic carboxylic acids is 1. The van der Waals surface area contributed by atoms with Gasteiger partial charge in [0.05, 0.1) is 5.75 Å². The zero-order valence-corrected chi connectivity index (χ0v) is 10.5. The van der Waals surface area contributed by atoms with Crippen LogP contribution >= 0.6 is 0 Å². The summed E-state index contributed by atoms with van der Waals surface area (Å²) in [5.41, 5.74) is 0. The van der Waals surface area contributed by atoms with Crippen LogP contribution in [0.4, 0.5) is 0 Å². The first-order chi connectivity index (χ1) is 8.36. The number of amides is 1. The standard InChI is InChI=1S/C10H13NO6S/c1-2-11-8(12)5-6-18(15,16)9-4-3-7(17-9)10(13)14/h3-4H,2,5-6H2,1H3,(H,11,12)(H,13,14). The van der Waals surface area contributed by atoms with Crippen molar-refractivity contribution in [1.29, 1.82) is 0 Å². The van der Waals surface area contributed by atoms with Gasteiger partial charge in [-0.05, 0) is 19.1 Å². The number of sulfone groups is 1. The predicted molar refractivity (Wildman–Crippen MR) is 61.0 cm³/mol. The normalized spacial score (nSPS) is 11.2. The molecule has 0 aliphatic rings. The quantitative estimate of drug-likeness (QED) is 0.770. The van der Waals surface area contributed by atoms with Crippen molar-refractivity contribution >= 4 is 21.7 Å². The first-order valence-electron chi connectivity index (χ1n) is 5.19. The van der Waals surface area contributed by atoms with Gasteiger partial charge in [0, 0.05) is 13.0 Å². The molecule has 0 aromatic carbocycles. The molecule has 1 rings (SSSR count). The molecule has 0 saturated heterocycles. The highest BCUT2D eigenvalue weighted by Crippen LogP contribution is 2.16. The van der Waals surface area contributed by atoms with E-state index >= 15 is 0 Å². The fourth-order valence-electron chi connectivity index (χ4n) is 1.22. The lowest BCUT2D eigenvalue weighted by Crippen LogP contribution is -2.25. The highest BCUT2D eigenvalue weighted by atomic mass is 32.2. The van der Waals surface area contributed by atoms with E-state index in [4.69, 9.17) is 5.11 Å². The Morgan fingerprint density at radius 2 is 2.06 bits per heavy atom. The summed E-state index contributed by atoms with van der Waals surface area (Å²) in [5.74, 6) is -2.61. The molecule has 0 radical (unpaired) electrons. The molecule has 0 fully saturated rings. The number of rotatable bonds is 6. The van der Waals surface area contributed by atoms with Crippen molar-refractivity contribution < 1.29 is 27.5 Å². The minimum absolute atomic E-state index is 0.195. The third-order valence-corrected chi connectivity index (χ3v) is 3.64. The van der Waals surface area contributed by atoms with Crippen LogP contribution in [0.5, 0.6) is 0 Å². The van der Waals surface area contributed by atoms with Crippen molar-refractivity contribution in [2.45, 2.75) is 18.4 Å². The summed E-state index contributed by atoms with van der Waals surface area (Å²) in [5, 5.41) is 10.6. The highest BCUT2D eigenvalue weighted by molar-refractivity contribution is 7.91. The molecule has 0 aliphatic carbocycles. The van der Waals surface area contributed by atoms with E-state index in [-0.39, 0.29) is 12.3 Å². The van der Waals surface area contributed by atoms with Crippen molar-refractivity contribution in [3.05, 3.63) is 17.9 Å². The van der Waals surface area contributed by atoms with E-state index in [1.807, 2.05) is 0 Å². The fourth-order valence-corrected chi connectivity index (χ4v) is 2.36. The third-order valence-electron chi connectivity index (χ3n) is 2.07. The molecule has 0 bridgehead atoms. The minimum Gasteiger partial charge on any atom is -0.475 e. The van der Waals surface area contributed by atoms with Crippen molar-refractivity contribution in [1.82, 2.24) is 5.32 Å². The van der Waals surface area contributed by atoms with Gasteiger partial charge in [0.15, 0.2) is 0 Å². The Hall–Kier alpha value is -1.83. The molecule has 1 aromatic rings. The number of nitrogens with one attached hydrogen (secondary N) is 1. The molecule has 18 heavy (non-hydrogen) atoms. The topological polar surface area (TPSA) is 114 Å². The third kappa shape index (κ3) is 3.59. The Labute approximate surface area is 104 Å². The lowest BCUT2D eigenvalue weighted by Gasteiger charge is -2.02. The molecule has 100 valence electrons. The number of hydrogen-bond donors (Lipinski definition) is 2. The Bertz CT molecular complexity index is 544. The van der Waals surface area contributed by atoms with Gasteiger partial charge in [-0.2, -0.15) is 0 Å². The van der Waals surface area contributed by atoms with Crippen LogP contribution in [0.2, 0.25) is 0 Å². The number of carboxylic acid groups (broad SMARTS) is 1. The van der Waals surface area contributed by atoms with Gasteiger partial charge in [-0.25, -0.2) is 13.2 Å². The number of furan rings is 1. The minimum atomic E-state index is -3.78. The summed E-state index contributed by atoms with van der Waals surface area (Å²) >= 11 is 0. The average Bonchev–Trinajstić information content (AvgIpc) is 2.77. The van der Waals surface area contributed by atoms with Crippen molar-refractivity contribution in [3.63, 3.8) is 0 Å². The summed E-state index contributed by atoms with van der Waals surface area (Å²) in [6, 6.07) is 2.12. The second kappa shape index (κ2) is 5.67. The molecule has 7 nitrogen and oxygen atoms in total. The summed E-state index contributed by atoms with van der Waals surface area (Å²) in [4.78, 5) is 21.7. The van der Waals surface area contributed by atoms with Gasteiger partial charge >= 0.3 is 5.97 Å². The molecular formula is C10H13NO6S. The van der Waals surface area contributed by atoms with E-state index < -0.39 is 32.4 Å². The zero-order valence-electron chi connectivity index (χ0n) is 9.67. The lowest BCUT2D eigenvalue weighted by atomic mass is 10.4. The van der Waals surface area contributed by atoms with Crippen LogP contribution in [0.1, 0.15) is 23.9 Å². The first-order valence-corrected chi connectivity index (χ1v) is 6.84. The average molecular weight is 275 g/mol. The largest absolute Gasteiger partial charge is 0.475 e. The van der Waals surface area contributed by atoms with Crippen LogP contribution in [0, 0.1) is 0 Å². The van der Waals surface area contributed by atoms with E-state index in [1.165, 1.54) is 0 Å². The number of carbonyl (C=O) groups excluding carboxylic acids is 1. The second-order valence-corrected chi connectivity index (χ2v) is 5.49. The van der Waals surface area contributed by atoms with E-state index in [1.54, 1.807) is 6.92 Å². The van der Waals surface area contributed by atoms with Crippen molar-refractivity contribution in [2.75, 3.05) is 12.3 Å². The van der Waals surface area contributed by atoms with Crippen molar-refractivity contribution in [3.8, 4) is 0 Å². The summed E-state index contributed by atoms with van der Waals surface area (Å²) in [7, 11) is -3.78. The molecular weight excluding hydrogens is 262 g/mol. The molecule has 0 unspecified atom stereocenters. The van der Waals surface area contributed by atoms with E-state index in [0.717, 1.165) is 12.1 Å². The molecule has 1 heterocycles. The van der Waals surface area contributed by atoms with E-state index in [0.29, 0.717) is 6.54 Å². The Balaban J connectivity index is 2.74. The van der Waals surface area contributed by atoms with Crippen LogP contribution < -0.4 is 5.32 Å². The molecule has 0 spiro atoms. The van der Waals surface area contributed by atoms with Crippen LogP contribution in [-0.4, -0.2) is 37.7 Å². The molecule has 1 aromatic heterocycles. The van der Waals surface area contributed by atoms with Gasteiger partial charge < -0.3 is 14.8 Å². The van der Waals surface area contributed by atoms with Gasteiger partial charge in [0.1, 0.15) is 0 Å². The van der Waals surface area contributed by atoms with Gasteiger partial charge in [0.2, 0.25) is 26.6 Å². The molecule has 0 aliphatic heterocycles. The van der Waals surface area contributed by atoms with Crippen LogP contribution in [0.3, 0.4) is 0 Å². The van der Waals surface area contributed by atoms with Crippen LogP contribution in [0.25, 0.3) is 0 Å². The monoisotopic (exact) mass is 275 g/mol. The number of carbonyl (C=O) groups is 2. The van der Waals surface area contributed by atoms with Crippen LogP contribution in [-0.2, 0) is 14.6 Å². The number of carboxylic acids is 1. The van der Waals surface area contributed by atoms with Gasteiger partial charge in [-0.15, -0.1) is 0 Å². The highest BCUT2D eigenvalue weighted by Gasteiger charge is 2.21. The maximum absolute atomic E-state index is 11.7. The smallest absolute Gasteiger partial charge is 0.371 e. The summed E-state index contributed by atoms with van der Waals surface area (Å²) < 4.78 is 28.1. The molecule has 8 heteroatoms. The van der Waals surface area contributed by atoms with E-state index in [2.05, 4.69) is 9.73 Å². The lowest BCUT2D eigenvalue weighted by molar-refractivity contribution is -0.120. The summed E-state index contributed by atoms with van der Waals surface area (Å²) in [6.45, 7) is 2.14. The Morgan fingerprint density at radius 1 is 1.39 bits per heavy atom. The maximum atomic E-state index is 11.7. The zero-order chi connectivity index (χ0) is 13.8. The maximum Gasteiger partial charge on any atom is 0.371 e. The molecule has 0 saturated carbocycles. The Morgan fingerprint density at radius 3 is 2.56 bits per heavy atom. The first kappa shape index (κ1) is 14.2. The van der Waals surface area contributed by atoms with Gasteiger partial charge in [0.25, 0.3) is 0 Å². The molecule has 1 amide bonds. The van der Waals surface area contributed by atoms with Crippen LogP contribution in [0.15, 0.2) is 21.6 Å². The fraction of sp³-hybridized carbons (Fsp3) is 0.400. The predicted octanol–water partition coefficient (Wildman–Crippen LogP) is 0.278. The molecule has 2 N–H and O–H groups in total. The molecule has 0 atom stereocenters. The van der Waals surface area contributed by atoms with Crippen molar-refractivity contribution in [2.24, 2.45) is 0 Å². The summed E-state index contributed by atoms with van der Waals surface area (Å²) in [6.07, 6.45) is -0.195. The Kier molecular flexibility index (Phi) is 4.49. The van der Waals surface area contributed by atoms with Gasteiger partial charge in [-0.1, -0.05) is 0 Å². The van der Waals surface area contributed by atoms with Gasteiger partial charge in [-0.3, -0.25) is 4.79 Å². The van der Waals surface area contributed by atoms with E-state index in [9.17, 15) is 18.0 Å².